The summed E-state index contributed by atoms with van der Waals surface area (Å²) < 4.78 is 5.29. The second kappa shape index (κ2) is 9.17. The fourth-order valence-corrected chi connectivity index (χ4v) is 2.82. The average Bonchev–Trinajstić information content (AvgIpc) is 2.58. The fraction of sp³-hybridized carbons (Fsp3) is 0.286. The maximum absolute atomic E-state index is 12.3. The van der Waals surface area contributed by atoms with Gasteiger partial charge in [0.2, 0.25) is 5.56 Å². The first-order chi connectivity index (χ1) is 14.0. The van der Waals surface area contributed by atoms with Gasteiger partial charge in [-0.05, 0) is 51.0 Å². The van der Waals surface area contributed by atoms with Gasteiger partial charge in [0.05, 0.1) is 6.04 Å². The molecule has 0 radical (unpaired) electrons. The number of ether oxygens (including phenoxy) is 1. The van der Waals surface area contributed by atoms with Crippen molar-refractivity contribution in [2.75, 3.05) is 11.1 Å². The lowest BCUT2D eigenvalue weighted by molar-refractivity contribution is 0.0502. The molecule has 0 saturated carbocycles. The number of aromatic nitrogens is 1. The van der Waals surface area contributed by atoms with Gasteiger partial charge in [0, 0.05) is 28.7 Å². The van der Waals surface area contributed by atoms with Crippen molar-refractivity contribution in [2.45, 2.75) is 38.8 Å². The smallest absolute Gasteiger partial charge is 0.409 e. The van der Waals surface area contributed by atoms with Gasteiger partial charge < -0.3 is 25.9 Å². The number of nitrogen functional groups attached to an aromatic ring is 1. The zero-order chi connectivity index (χ0) is 22.5. The SMILES string of the molecule is C=CC[C@H](NC(=O)OC(C)(C)C)c1cc(-c2ccc(NC(=O)O)cc2N)cc(=O)[nH]1. The quantitative estimate of drug-likeness (QED) is 0.358. The summed E-state index contributed by atoms with van der Waals surface area (Å²) in [6.45, 7) is 8.96. The van der Waals surface area contributed by atoms with Crippen LogP contribution in [0.5, 0.6) is 0 Å². The van der Waals surface area contributed by atoms with E-state index in [-0.39, 0.29) is 11.2 Å². The number of nitrogens with two attached hydrogens (primary N) is 1. The zero-order valence-corrected chi connectivity index (χ0v) is 17.1. The fourth-order valence-electron chi connectivity index (χ4n) is 2.82. The summed E-state index contributed by atoms with van der Waals surface area (Å²) in [6.07, 6.45) is 0.147. The van der Waals surface area contributed by atoms with E-state index >= 15 is 0 Å². The number of alkyl carbamates (subject to hydrolysis) is 1. The molecule has 0 unspecified atom stereocenters. The van der Waals surface area contributed by atoms with E-state index in [4.69, 9.17) is 15.6 Å². The largest absolute Gasteiger partial charge is 0.465 e. The molecule has 1 aromatic heterocycles. The Bertz CT molecular complexity index is 1010. The Kier molecular flexibility index (Phi) is 6.89. The maximum atomic E-state index is 12.3. The first kappa shape index (κ1) is 22.5. The van der Waals surface area contributed by atoms with Gasteiger partial charge in [0.25, 0.3) is 0 Å². The molecule has 1 heterocycles. The number of hydrogen-bond donors (Lipinski definition) is 5. The van der Waals surface area contributed by atoms with Crippen LogP contribution in [0.1, 0.15) is 38.9 Å². The van der Waals surface area contributed by atoms with Crippen LogP contribution < -0.4 is 21.9 Å². The van der Waals surface area contributed by atoms with Gasteiger partial charge in [-0.2, -0.15) is 0 Å². The average molecular weight is 414 g/mol. The molecule has 0 bridgehead atoms. The van der Waals surface area contributed by atoms with Crippen molar-refractivity contribution < 1.29 is 19.4 Å². The molecule has 0 spiro atoms. The number of carbonyl (C=O) groups is 2. The molecule has 2 aromatic rings. The first-order valence-corrected chi connectivity index (χ1v) is 9.23. The molecule has 0 aliphatic carbocycles. The lowest BCUT2D eigenvalue weighted by Crippen LogP contribution is -2.35. The lowest BCUT2D eigenvalue weighted by Gasteiger charge is -2.23. The van der Waals surface area contributed by atoms with Gasteiger partial charge in [-0.1, -0.05) is 12.1 Å². The molecule has 0 fully saturated rings. The Labute approximate surface area is 173 Å². The normalized spacial score (nSPS) is 12.0. The molecular formula is C21H26N4O5. The van der Waals surface area contributed by atoms with Crippen molar-refractivity contribution in [2.24, 2.45) is 0 Å². The summed E-state index contributed by atoms with van der Waals surface area (Å²) in [6, 6.07) is 7.12. The van der Waals surface area contributed by atoms with Crippen LogP contribution in [0.4, 0.5) is 21.0 Å². The van der Waals surface area contributed by atoms with Crippen LogP contribution in [-0.4, -0.2) is 27.9 Å². The summed E-state index contributed by atoms with van der Waals surface area (Å²) in [5.41, 5.74) is 7.14. The van der Waals surface area contributed by atoms with E-state index < -0.39 is 23.8 Å². The van der Waals surface area contributed by atoms with E-state index in [1.807, 2.05) is 0 Å². The third kappa shape index (κ3) is 6.40. The van der Waals surface area contributed by atoms with Crippen molar-refractivity contribution in [1.29, 1.82) is 0 Å². The predicted molar refractivity (Wildman–Crippen MR) is 115 cm³/mol. The number of pyridine rings is 1. The Morgan fingerprint density at radius 1 is 1.30 bits per heavy atom. The predicted octanol–water partition coefficient (Wildman–Crippen LogP) is 3.86. The summed E-state index contributed by atoms with van der Waals surface area (Å²) in [5.74, 6) is 0. The summed E-state index contributed by atoms with van der Waals surface area (Å²) in [7, 11) is 0. The van der Waals surface area contributed by atoms with E-state index in [0.717, 1.165) is 0 Å². The Balaban J connectivity index is 2.39. The molecule has 0 saturated heterocycles. The standard InChI is InChI=1S/C21H26N4O5/c1-5-6-16(25-20(29)30-21(2,3)4)17-9-12(10-18(26)24-17)14-8-7-13(11-15(14)22)23-19(27)28/h5,7-11,16,23H,1,6,22H2,2-4H3,(H,24,26)(H,25,29)(H,27,28)/t16-/m0/s1. The number of rotatable bonds is 6. The Hall–Kier alpha value is -3.75. The van der Waals surface area contributed by atoms with Gasteiger partial charge in [-0.3, -0.25) is 10.1 Å². The molecule has 0 aliphatic heterocycles. The number of anilines is 2. The first-order valence-electron chi connectivity index (χ1n) is 9.23. The molecule has 0 aliphatic rings. The van der Waals surface area contributed by atoms with Crippen molar-refractivity contribution in [1.82, 2.24) is 10.3 Å². The second-order valence-corrected chi connectivity index (χ2v) is 7.64. The van der Waals surface area contributed by atoms with Crippen LogP contribution in [0.3, 0.4) is 0 Å². The minimum absolute atomic E-state index is 0.290. The summed E-state index contributed by atoms with van der Waals surface area (Å²) in [5, 5.41) is 13.8. The third-order valence-electron chi connectivity index (χ3n) is 3.95. The van der Waals surface area contributed by atoms with Crippen LogP contribution in [0, 0.1) is 0 Å². The second-order valence-electron chi connectivity index (χ2n) is 7.64. The molecule has 9 heteroatoms. The number of hydrogen-bond acceptors (Lipinski definition) is 5. The van der Waals surface area contributed by atoms with E-state index in [1.165, 1.54) is 12.1 Å². The molecular weight excluding hydrogens is 388 g/mol. The highest BCUT2D eigenvalue weighted by molar-refractivity contribution is 5.86. The monoisotopic (exact) mass is 414 g/mol. The lowest BCUT2D eigenvalue weighted by atomic mass is 10.0. The number of nitrogens with one attached hydrogen (secondary N) is 3. The van der Waals surface area contributed by atoms with Crippen LogP contribution in [-0.2, 0) is 4.74 Å². The number of carbonyl (C=O) groups excluding carboxylic acids is 1. The topological polar surface area (TPSA) is 147 Å². The van der Waals surface area contributed by atoms with Crippen molar-refractivity contribution in [3.8, 4) is 11.1 Å². The molecule has 9 nitrogen and oxygen atoms in total. The van der Waals surface area contributed by atoms with E-state index in [1.54, 1.807) is 45.0 Å². The van der Waals surface area contributed by atoms with E-state index in [9.17, 15) is 14.4 Å². The Morgan fingerprint density at radius 2 is 2.00 bits per heavy atom. The Morgan fingerprint density at radius 3 is 2.57 bits per heavy atom. The maximum Gasteiger partial charge on any atom is 0.409 e. The van der Waals surface area contributed by atoms with Gasteiger partial charge in [0.15, 0.2) is 0 Å². The summed E-state index contributed by atoms with van der Waals surface area (Å²) >= 11 is 0. The number of amides is 2. The van der Waals surface area contributed by atoms with Gasteiger partial charge in [0.1, 0.15) is 5.60 Å². The van der Waals surface area contributed by atoms with E-state index in [0.29, 0.717) is 28.9 Å². The number of aromatic amines is 1. The van der Waals surface area contributed by atoms with Crippen LogP contribution in [0.15, 0.2) is 47.8 Å². The molecule has 2 amide bonds. The highest BCUT2D eigenvalue weighted by atomic mass is 16.6. The molecule has 1 aromatic carbocycles. The minimum atomic E-state index is -1.21. The highest BCUT2D eigenvalue weighted by Gasteiger charge is 2.21. The zero-order valence-electron chi connectivity index (χ0n) is 17.1. The molecule has 1 atom stereocenters. The van der Waals surface area contributed by atoms with Gasteiger partial charge in [-0.15, -0.1) is 6.58 Å². The summed E-state index contributed by atoms with van der Waals surface area (Å²) in [4.78, 5) is 38.0. The van der Waals surface area contributed by atoms with Crippen LogP contribution in [0.25, 0.3) is 11.1 Å². The van der Waals surface area contributed by atoms with Crippen molar-refractivity contribution >= 4 is 23.6 Å². The highest BCUT2D eigenvalue weighted by Crippen LogP contribution is 2.29. The van der Waals surface area contributed by atoms with Gasteiger partial charge in [-0.25, -0.2) is 9.59 Å². The number of carboxylic acid groups (broad SMARTS) is 1. The van der Waals surface area contributed by atoms with Crippen molar-refractivity contribution in [3.05, 3.63) is 59.0 Å². The molecule has 30 heavy (non-hydrogen) atoms. The van der Waals surface area contributed by atoms with Gasteiger partial charge >= 0.3 is 12.2 Å². The van der Waals surface area contributed by atoms with Crippen molar-refractivity contribution in [3.63, 3.8) is 0 Å². The number of benzene rings is 1. The molecule has 160 valence electrons. The minimum Gasteiger partial charge on any atom is -0.465 e. The molecule has 2 rings (SSSR count). The van der Waals surface area contributed by atoms with E-state index in [2.05, 4.69) is 22.2 Å². The van der Waals surface area contributed by atoms with Crippen LogP contribution in [0.2, 0.25) is 0 Å². The molecule has 6 N–H and O–H groups in total. The number of H-pyrrole nitrogens is 1. The van der Waals surface area contributed by atoms with Crippen LogP contribution >= 0.6 is 0 Å². The third-order valence-corrected chi connectivity index (χ3v) is 3.95.